The second-order valence-electron chi connectivity index (χ2n) is 3.73. The minimum atomic E-state index is -0.160. The van der Waals surface area contributed by atoms with Gasteiger partial charge in [0.2, 0.25) is 5.91 Å². The lowest BCUT2D eigenvalue weighted by atomic mass is 10.2. The number of hydrogen-bond acceptors (Lipinski definition) is 4. The van der Waals surface area contributed by atoms with Gasteiger partial charge in [-0.2, -0.15) is 0 Å². The third-order valence-corrected chi connectivity index (χ3v) is 2.44. The summed E-state index contributed by atoms with van der Waals surface area (Å²) in [7, 11) is 4.74. The molecule has 5 heteroatoms. The Hall–Kier alpha value is -2.01. The molecular formula is C14H19NO4. The summed E-state index contributed by atoms with van der Waals surface area (Å²) in [5.74, 6) is 1.13. The van der Waals surface area contributed by atoms with Crippen molar-refractivity contribution in [3.05, 3.63) is 29.8 Å². The summed E-state index contributed by atoms with van der Waals surface area (Å²) in [5.41, 5.74) is 0.861. The first-order valence-corrected chi connectivity index (χ1v) is 5.88. The summed E-state index contributed by atoms with van der Waals surface area (Å²) in [6.45, 7) is 0.988. The number of ether oxygens (including phenoxy) is 3. The van der Waals surface area contributed by atoms with Crippen molar-refractivity contribution in [2.45, 2.75) is 0 Å². The Kier molecular flexibility index (Phi) is 6.46. The second-order valence-corrected chi connectivity index (χ2v) is 3.73. The molecule has 1 N–H and O–H groups in total. The first-order valence-electron chi connectivity index (χ1n) is 5.88. The summed E-state index contributed by atoms with van der Waals surface area (Å²) >= 11 is 0. The Morgan fingerprint density at radius 1 is 1.21 bits per heavy atom. The largest absolute Gasteiger partial charge is 0.493 e. The first-order chi connectivity index (χ1) is 9.21. The normalized spacial score (nSPS) is 10.5. The molecule has 0 spiro atoms. The van der Waals surface area contributed by atoms with Crippen molar-refractivity contribution in [2.24, 2.45) is 0 Å². The number of carbonyl (C=O) groups excluding carboxylic acids is 1. The van der Waals surface area contributed by atoms with E-state index >= 15 is 0 Å². The summed E-state index contributed by atoms with van der Waals surface area (Å²) < 4.78 is 15.2. The number of rotatable bonds is 7. The predicted octanol–water partition coefficient (Wildman–Crippen LogP) is 1.48. The van der Waals surface area contributed by atoms with Crippen LogP contribution in [-0.2, 0) is 9.53 Å². The molecule has 0 unspecified atom stereocenters. The van der Waals surface area contributed by atoms with Crippen LogP contribution in [0.5, 0.6) is 11.5 Å². The smallest absolute Gasteiger partial charge is 0.244 e. The van der Waals surface area contributed by atoms with E-state index in [1.165, 1.54) is 6.08 Å². The van der Waals surface area contributed by atoms with Crippen molar-refractivity contribution < 1.29 is 19.0 Å². The minimum Gasteiger partial charge on any atom is -0.493 e. The van der Waals surface area contributed by atoms with E-state index in [-0.39, 0.29) is 5.91 Å². The standard InChI is InChI=1S/C14H19NO4/c1-17-9-8-15-14(16)7-5-11-4-6-12(18-2)13(10-11)19-3/h4-7,10H,8-9H2,1-3H3,(H,15,16). The van der Waals surface area contributed by atoms with Gasteiger partial charge in [0.15, 0.2) is 11.5 Å². The Bertz CT molecular complexity index is 443. The average molecular weight is 265 g/mol. The zero-order valence-corrected chi connectivity index (χ0v) is 11.4. The van der Waals surface area contributed by atoms with Gasteiger partial charge in [0, 0.05) is 19.7 Å². The van der Waals surface area contributed by atoms with Crippen molar-refractivity contribution in [1.82, 2.24) is 5.32 Å². The topological polar surface area (TPSA) is 56.8 Å². The third kappa shape index (κ3) is 5.01. The summed E-state index contributed by atoms with van der Waals surface area (Å²) in [6, 6.07) is 5.44. The zero-order chi connectivity index (χ0) is 14.1. The van der Waals surface area contributed by atoms with Gasteiger partial charge in [-0.3, -0.25) is 4.79 Å². The highest BCUT2D eigenvalue weighted by Gasteiger charge is 2.03. The number of hydrogen-bond donors (Lipinski definition) is 1. The van der Waals surface area contributed by atoms with Crippen LogP contribution < -0.4 is 14.8 Å². The fraction of sp³-hybridized carbons (Fsp3) is 0.357. The van der Waals surface area contributed by atoms with Crippen molar-refractivity contribution in [3.63, 3.8) is 0 Å². The summed E-state index contributed by atoms with van der Waals surface area (Å²) in [5, 5.41) is 2.70. The molecule has 0 heterocycles. The van der Waals surface area contributed by atoms with Crippen molar-refractivity contribution in [2.75, 3.05) is 34.5 Å². The van der Waals surface area contributed by atoms with Crippen LogP contribution in [0.15, 0.2) is 24.3 Å². The molecule has 1 aromatic rings. The maximum absolute atomic E-state index is 11.5. The number of carbonyl (C=O) groups is 1. The lowest BCUT2D eigenvalue weighted by Gasteiger charge is -2.07. The van der Waals surface area contributed by atoms with E-state index in [4.69, 9.17) is 14.2 Å². The van der Waals surface area contributed by atoms with E-state index in [1.807, 2.05) is 6.07 Å². The van der Waals surface area contributed by atoms with Gasteiger partial charge in [-0.15, -0.1) is 0 Å². The van der Waals surface area contributed by atoms with E-state index in [2.05, 4.69) is 5.32 Å². The van der Waals surface area contributed by atoms with Gasteiger partial charge < -0.3 is 19.5 Å². The van der Waals surface area contributed by atoms with Crippen LogP contribution in [0.1, 0.15) is 5.56 Å². The zero-order valence-electron chi connectivity index (χ0n) is 11.4. The molecule has 5 nitrogen and oxygen atoms in total. The van der Waals surface area contributed by atoms with E-state index in [0.717, 1.165) is 5.56 Å². The van der Waals surface area contributed by atoms with Crippen LogP contribution in [0.25, 0.3) is 6.08 Å². The van der Waals surface area contributed by atoms with Gasteiger partial charge in [0.05, 0.1) is 20.8 Å². The lowest BCUT2D eigenvalue weighted by molar-refractivity contribution is -0.116. The fourth-order valence-corrected chi connectivity index (χ4v) is 1.46. The van der Waals surface area contributed by atoms with Crippen LogP contribution in [0.2, 0.25) is 0 Å². The van der Waals surface area contributed by atoms with Crippen LogP contribution in [0, 0.1) is 0 Å². The second kappa shape index (κ2) is 8.16. The molecule has 104 valence electrons. The molecule has 1 aromatic carbocycles. The molecule has 0 radical (unpaired) electrons. The molecule has 0 aliphatic heterocycles. The number of nitrogens with one attached hydrogen (secondary N) is 1. The van der Waals surface area contributed by atoms with Crippen molar-refractivity contribution >= 4 is 12.0 Å². The van der Waals surface area contributed by atoms with Crippen molar-refractivity contribution in [1.29, 1.82) is 0 Å². The van der Waals surface area contributed by atoms with Crippen LogP contribution >= 0.6 is 0 Å². The fourth-order valence-electron chi connectivity index (χ4n) is 1.46. The predicted molar refractivity (Wildman–Crippen MR) is 73.5 cm³/mol. The number of amides is 1. The molecule has 0 aliphatic rings. The Balaban J connectivity index is 2.63. The summed E-state index contributed by atoms with van der Waals surface area (Å²) in [6.07, 6.45) is 3.18. The van der Waals surface area contributed by atoms with Crippen LogP contribution in [-0.4, -0.2) is 40.4 Å². The quantitative estimate of drug-likeness (QED) is 0.599. The maximum Gasteiger partial charge on any atom is 0.244 e. The highest BCUT2D eigenvalue weighted by atomic mass is 16.5. The Morgan fingerprint density at radius 3 is 2.58 bits per heavy atom. The number of methoxy groups -OCH3 is 3. The molecular weight excluding hydrogens is 246 g/mol. The lowest BCUT2D eigenvalue weighted by Crippen LogP contribution is -2.24. The molecule has 0 bridgehead atoms. The van der Waals surface area contributed by atoms with Crippen LogP contribution in [0.3, 0.4) is 0 Å². The monoisotopic (exact) mass is 265 g/mol. The van der Waals surface area contributed by atoms with Gasteiger partial charge >= 0.3 is 0 Å². The molecule has 0 atom stereocenters. The highest BCUT2D eigenvalue weighted by Crippen LogP contribution is 2.27. The van der Waals surface area contributed by atoms with E-state index in [0.29, 0.717) is 24.7 Å². The molecule has 19 heavy (non-hydrogen) atoms. The molecule has 0 saturated heterocycles. The minimum absolute atomic E-state index is 0.160. The molecule has 0 aromatic heterocycles. The maximum atomic E-state index is 11.5. The Labute approximate surface area is 113 Å². The van der Waals surface area contributed by atoms with Gasteiger partial charge in [0.1, 0.15) is 0 Å². The van der Waals surface area contributed by atoms with Gasteiger partial charge in [-0.1, -0.05) is 6.07 Å². The number of benzene rings is 1. The van der Waals surface area contributed by atoms with Gasteiger partial charge in [0.25, 0.3) is 0 Å². The third-order valence-electron chi connectivity index (χ3n) is 2.44. The van der Waals surface area contributed by atoms with Crippen LogP contribution in [0.4, 0.5) is 0 Å². The molecule has 0 aliphatic carbocycles. The highest BCUT2D eigenvalue weighted by molar-refractivity contribution is 5.91. The molecule has 1 amide bonds. The van der Waals surface area contributed by atoms with Crippen molar-refractivity contribution in [3.8, 4) is 11.5 Å². The Morgan fingerprint density at radius 2 is 1.95 bits per heavy atom. The van der Waals surface area contributed by atoms with E-state index < -0.39 is 0 Å². The molecule has 0 saturated carbocycles. The summed E-state index contributed by atoms with van der Waals surface area (Å²) in [4.78, 5) is 11.5. The SMILES string of the molecule is COCCNC(=O)C=Cc1ccc(OC)c(OC)c1. The van der Waals surface area contributed by atoms with E-state index in [9.17, 15) is 4.79 Å². The van der Waals surface area contributed by atoms with E-state index in [1.54, 1.807) is 39.5 Å². The molecule has 1 rings (SSSR count). The first kappa shape index (κ1) is 15.0. The average Bonchev–Trinajstić information content (AvgIpc) is 2.45. The molecule has 0 fully saturated rings. The van der Waals surface area contributed by atoms with Gasteiger partial charge in [-0.25, -0.2) is 0 Å². The van der Waals surface area contributed by atoms with Gasteiger partial charge in [-0.05, 0) is 23.8 Å².